The number of benzene rings is 1. The van der Waals surface area contributed by atoms with Crippen LogP contribution in [0.1, 0.15) is 12.8 Å². The fourth-order valence-corrected chi connectivity index (χ4v) is 2.21. The predicted molar refractivity (Wildman–Crippen MR) is 72.1 cm³/mol. The van der Waals surface area contributed by atoms with E-state index < -0.39 is 0 Å². The number of hydrogen-bond acceptors (Lipinski definition) is 5. The molecule has 1 atom stereocenters. The number of nitrogens with two attached hydrogens (primary N) is 1. The highest BCUT2D eigenvalue weighted by atomic mass is 16.5. The van der Waals surface area contributed by atoms with Crippen LogP contribution >= 0.6 is 0 Å². The standard InChI is InChI=1S/C13H19N3O3/c1-18-11-6-5-9(8-12(11)19-2)15-13(17)10-4-3-7-16(10)14/h5-6,8,10H,3-4,7,14H2,1-2H3,(H,15,17). The third-order valence-electron chi connectivity index (χ3n) is 3.25. The van der Waals surface area contributed by atoms with Crippen LogP contribution in [0.5, 0.6) is 11.5 Å². The van der Waals surface area contributed by atoms with Gasteiger partial charge in [0, 0.05) is 18.3 Å². The molecule has 1 aliphatic rings. The van der Waals surface area contributed by atoms with Crippen LogP contribution in [0.4, 0.5) is 5.69 Å². The molecule has 6 nitrogen and oxygen atoms in total. The van der Waals surface area contributed by atoms with Crippen LogP contribution in [0.25, 0.3) is 0 Å². The Labute approximate surface area is 112 Å². The molecule has 3 N–H and O–H groups in total. The molecule has 1 aliphatic heterocycles. The van der Waals surface area contributed by atoms with Crippen molar-refractivity contribution in [2.24, 2.45) is 5.84 Å². The van der Waals surface area contributed by atoms with E-state index in [0.717, 1.165) is 19.4 Å². The Hall–Kier alpha value is -1.79. The number of nitrogens with zero attached hydrogens (tertiary/aromatic N) is 1. The second-order valence-corrected chi connectivity index (χ2v) is 4.45. The van der Waals surface area contributed by atoms with Crippen LogP contribution in [-0.4, -0.2) is 37.7 Å². The first-order chi connectivity index (χ1) is 9.15. The van der Waals surface area contributed by atoms with E-state index in [9.17, 15) is 4.79 Å². The fraction of sp³-hybridized carbons (Fsp3) is 0.462. The summed E-state index contributed by atoms with van der Waals surface area (Å²) in [4.78, 5) is 12.1. The maximum absolute atomic E-state index is 12.1. The Kier molecular flexibility index (Phi) is 4.24. The van der Waals surface area contributed by atoms with Crippen LogP contribution in [0.2, 0.25) is 0 Å². The summed E-state index contributed by atoms with van der Waals surface area (Å²) >= 11 is 0. The highest BCUT2D eigenvalue weighted by Gasteiger charge is 2.28. The Morgan fingerprint density at radius 3 is 2.68 bits per heavy atom. The van der Waals surface area contributed by atoms with E-state index >= 15 is 0 Å². The minimum absolute atomic E-state index is 0.0905. The second-order valence-electron chi connectivity index (χ2n) is 4.45. The second kappa shape index (κ2) is 5.90. The van der Waals surface area contributed by atoms with Gasteiger partial charge in [-0.3, -0.25) is 10.6 Å². The van der Waals surface area contributed by atoms with Gasteiger partial charge in [-0.2, -0.15) is 0 Å². The van der Waals surface area contributed by atoms with Gasteiger partial charge in [0.1, 0.15) is 6.04 Å². The zero-order chi connectivity index (χ0) is 13.8. The molecule has 1 aromatic carbocycles. The van der Waals surface area contributed by atoms with Gasteiger partial charge >= 0.3 is 0 Å². The van der Waals surface area contributed by atoms with Crippen molar-refractivity contribution < 1.29 is 14.3 Å². The van der Waals surface area contributed by atoms with E-state index in [1.807, 2.05) is 0 Å². The fourth-order valence-electron chi connectivity index (χ4n) is 2.21. The SMILES string of the molecule is COc1ccc(NC(=O)C2CCCN2N)cc1OC. The molecule has 19 heavy (non-hydrogen) atoms. The molecule has 0 bridgehead atoms. The van der Waals surface area contributed by atoms with Gasteiger partial charge < -0.3 is 14.8 Å². The van der Waals surface area contributed by atoms with E-state index in [1.165, 1.54) is 0 Å². The molecular weight excluding hydrogens is 246 g/mol. The summed E-state index contributed by atoms with van der Waals surface area (Å²) in [5.74, 6) is 6.88. The number of ether oxygens (including phenoxy) is 2. The first-order valence-electron chi connectivity index (χ1n) is 6.20. The monoisotopic (exact) mass is 265 g/mol. The van der Waals surface area contributed by atoms with E-state index in [-0.39, 0.29) is 11.9 Å². The topological polar surface area (TPSA) is 76.8 Å². The van der Waals surface area contributed by atoms with Gasteiger partial charge in [-0.25, -0.2) is 5.01 Å². The summed E-state index contributed by atoms with van der Waals surface area (Å²) in [6.45, 7) is 0.754. The molecule has 0 aromatic heterocycles. The molecule has 1 aromatic rings. The van der Waals surface area contributed by atoms with Gasteiger partial charge in [0.15, 0.2) is 11.5 Å². The van der Waals surface area contributed by atoms with Crippen LogP contribution in [0.15, 0.2) is 18.2 Å². The summed E-state index contributed by atoms with van der Waals surface area (Å²) in [5, 5.41) is 4.42. The van der Waals surface area contributed by atoms with Crippen LogP contribution in [0, 0.1) is 0 Å². The maximum atomic E-state index is 12.1. The highest BCUT2D eigenvalue weighted by Crippen LogP contribution is 2.30. The minimum atomic E-state index is -0.256. The van der Waals surface area contributed by atoms with Crippen molar-refractivity contribution in [1.82, 2.24) is 5.01 Å². The average molecular weight is 265 g/mol. The number of carbonyl (C=O) groups excluding carboxylic acids is 1. The summed E-state index contributed by atoms with van der Waals surface area (Å²) in [7, 11) is 3.13. The number of amides is 1. The molecule has 0 saturated carbocycles. The van der Waals surface area contributed by atoms with E-state index in [4.69, 9.17) is 15.3 Å². The van der Waals surface area contributed by atoms with Gasteiger partial charge in [-0.05, 0) is 25.0 Å². The molecule has 1 heterocycles. The van der Waals surface area contributed by atoms with Crippen molar-refractivity contribution in [2.75, 3.05) is 26.1 Å². The summed E-state index contributed by atoms with van der Waals surface area (Å²) in [6.07, 6.45) is 1.73. The first-order valence-corrected chi connectivity index (χ1v) is 6.20. The van der Waals surface area contributed by atoms with E-state index in [2.05, 4.69) is 5.32 Å². The van der Waals surface area contributed by atoms with Gasteiger partial charge in [0.05, 0.1) is 14.2 Å². The highest BCUT2D eigenvalue weighted by molar-refractivity contribution is 5.95. The minimum Gasteiger partial charge on any atom is -0.493 e. The Morgan fingerprint density at radius 1 is 1.37 bits per heavy atom. The summed E-state index contributed by atoms with van der Waals surface area (Å²) in [5.41, 5.74) is 0.669. The molecule has 1 unspecified atom stereocenters. The molecule has 0 aliphatic carbocycles. The molecule has 104 valence electrons. The van der Waals surface area contributed by atoms with Gasteiger partial charge in [0.25, 0.3) is 0 Å². The summed E-state index contributed by atoms with van der Waals surface area (Å²) in [6, 6.07) is 5.00. The smallest absolute Gasteiger partial charge is 0.243 e. The lowest BCUT2D eigenvalue weighted by molar-refractivity contribution is -0.120. The molecule has 1 saturated heterocycles. The molecule has 6 heteroatoms. The van der Waals surface area contributed by atoms with E-state index in [0.29, 0.717) is 17.2 Å². The quantitative estimate of drug-likeness (QED) is 0.794. The largest absolute Gasteiger partial charge is 0.493 e. The molecule has 0 spiro atoms. The van der Waals surface area contributed by atoms with Gasteiger partial charge in [0.2, 0.25) is 5.91 Å². The lowest BCUT2D eigenvalue weighted by atomic mass is 10.2. The zero-order valence-electron chi connectivity index (χ0n) is 11.2. The molecule has 1 amide bonds. The summed E-state index contributed by atoms with van der Waals surface area (Å²) < 4.78 is 10.3. The van der Waals surface area contributed by atoms with Crippen LogP contribution in [0.3, 0.4) is 0 Å². The van der Waals surface area contributed by atoms with E-state index in [1.54, 1.807) is 37.4 Å². The average Bonchev–Trinajstić information content (AvgIpc) is 2.85. The van der Waals surface area contributed by atoms with Crippen molar-refractivity contribution in [3.63, 3.8) is 0 Å². The van der Waals surface area contributed by atoms with Crippen molar-refractivity contribution in [3.8, 4) is 11.5 Å². The van der Waals surface area contributed by atoms with Crippen molar-refractivity contribution in [2.45, 2.75) is 18.9 Å². The van der Waals surface area contributed by atoms with Crippen LogP contribution in [-0.2, 0) is 4.79 Å². The molecule has 0 radical (unpaired) electrons. The van der Waals surface area contributed by atoms with Gasteiger partial charge in [-0.15, -0.1) is 0 Å². The lowest BCUT2D eigenvalue weighted by Crippen LogP contribution is -2.43. The zero-order valence-corrected chi connectivity index (χ0v) is 11.2. The predicted octanol–water partition coefficient (Wildman–Crippen LogP) is 0.980. The first kappa shape index (κ1) is 13.6. The Morgan fingerprint density at radius 2 is 2.11 bits per heavy atom. The number of carbonyl (C=O) groups is 1. The number of nitrogens with one attached hydrogen (secondary N) is 1. The maximum Gasteiger partial charge on any atom is 0.243 e. The van der Waals surface area contributed by atoms with Crippen LogP contribution < -0.4 is 20.6 Å². The lowest BCUT2D eigenvalue weighted by Gasteiger charge is -2.18. The number of rotatable bonds is 4. The molecule has 1 fully saturated rings. The number of hydrazine groups is 1. The van der Waals surface area contributed by atoms with Crippen molar-refractivity contribution in [1.29, 1.82) is 0 Å². The molecular formula is C13H19N3O3. The number of anilines is 1. The third kappa shape index (κ3) is 2.97. The number of hydrogen-bond donors (Lipinski definition) is 2. The Balaban J connectivity index is 2.08. The van der Waals surface area contributed by atoms with Crippen molar-refractivity contribution >= 4 is 11.6 Å². The molecule has 2 rings (SSSR count). The Bertz CT molecular complexity index is 464. The van der Waals surface area contributed by atoms with Crippen molar-refractivity contribution in [3.05, 3.63) is 18.2 Å². The normalized spacial score (nSPS) is 19.2. The third-order valence-corrected chi connectivity index (χ3v) is 3.25. The van der Waals surface area contributed by atoms with Gasteiger partial charge in [-0.1, -0.05) is 0 Å². The number of methoxy groups -OCH3 is 2.